The van der Waals surface area contributed by atoms with Gasteiger partial charge in [0.05, 0.1) is 6.04 Å². The molecule has 5 nitrogen and oxygen atoms in total. The summed E-state index contributed by atoms with van der Waals surface area (Å²) in [5, 5.41) is 10.9. The summed E-state index contributed by atoms with van der Waals surface area (Å²) >= 11 is 0. The number of carbonyl (C=O) groups is 3. The van der Waals surface area contributed by atoms with Crippen molar-refractivity contribution >= 4 is 17.7 Å². The molecule has 1 unspecified atom stereocenters. The molecule has 1 atom stereocenters. The first-order chi connectivity index (χ1) is 12.3. The molecule has 0 saturated carbocycles. The molecule has 0 aliphatic rings. The van der Waals surface area contributed by atoms with Crippen molar-refractivity contribution in [3.63, 3.8) is 0 Å². The Balaban J connectivity index is 2.25. The van der Waals surface area contributed by atoms with Crippen LogP contribution in [0.2, 0.25) is 0 Å². The highest BCUT2D eigenvalue weighted by atomic mass is 19.3. The Labute approximate surface area is 148 Å². The second-order valence-electron chi connectivity index (χ2n) is 5.72. The molecule has 0 aromatic heterocycles. The van der Waals surface area contributed by atoms with Crippen LogP contribution in [0.5, 0.6) is 0 Å². The highest BCUT2D eigenvalue weighted by Gasteiger charge is 2.45. The second kappa shape index (κ2) is 8.33. The van der Waals surface area contributed by atoms with Crippen LogP contribution in [0.25, 0.3) is 0 Å². The summed E-state index contributed by atoms with van der Waals surface area (Å²) in [6.07, 6.45) is -1.80. The zero-order valence-corrected chi connectivity index (χ0v) is 13.7. The van der Waals surface area contributed by atoms with Gasteiger partial charge in [-0.2, -0.15) is 8.78 Å². The van der Waals surface area contributed by atoms with Gasteiger partial charge in [0.2, 0.25) is 5.78 Å². The lowest BCUT2D eigenvalue weighted by Gasteiger charge is -2.22. The Morgan fingerprint density at radius 1 is 0.962 bits per heavy atom. The number of Topliss-reactive ketones (excluding diaryl/α,β-unsaturated/α-hetero) is 1. The molecule has 0 aliphatic heterocycles. The van der Waals surface area contributed by atoms with E-state index in [0.29, 0.717) is 5.56 Å². The molecular weight excluding hydrogens is 344 g/mol. The van der Waals surface area contributed by atoms with Crippen LogP contribution in [0.1, 0.15) is 22.3 Å². The highest BCUT2D eigenvalue weighted by molar-refractivity contribution is 6.00. The predicted octanol–water partition coefficient (Wildman–Crippen LogP) is 2.71. The molecule has 0 bridgehead atoms. The number of hydrogen-bond donors (Lipinski definition) is 2. The van der Waals surface area contributed by atoms with Crippen molar-refractivity contribution in [2.75, 3.05) is 0 Å². The summed E-state index contributed by atoms with van der Waals surface area (Å²) in [5.74, 6) is -8.20. The second-order valence-corrected chi connectivity index (χ2v) is 5.72. The fraction of sp³-hybridized carbons (Fsp3) is 0.211. The van der Waals surface area contributed by atoms with Gasteiger partial charge in [-0.05, 0) is 24.1 Å². The Kier molecular flexibility index (Phi) is 6.16. The molecule has 0 heterocycles. The van der Waals surface area contributed by atoms with E-state index in [1.54, 1.807) is 48.5 Å². The minimum Gasteiger partial charge on any atom is -0.481 e. The maximum absolute atomic E-state index is 14.0. The third-order valence-electron chi connectivity index (χ3n) is 3.67. The van der Waals surface area contributed by atoms with Gasteiger partial charge in [-0.15, -0.1) is 0 Å². The Bertz CT molecular complexity index is 779. The number of carboxylic acids is 1. The zero-order valence-electron chi connectivity index (χ0n) is 13.7. The fourth-order valence-electron chi connectivity index (χ4n) is 2.42. The normalized spacial score (nSPS) is 12.2. The highest BCUT2D eigenvalue weighted by Crippen LogP contribution is 2.23. The van der Waals surface area contributed by atoms with E-state index in [0.717, 1.165) is 0 Å². The number of aliphatic carboxylic acids is 1. The van der Waals surface area contributed by atoms with E-state index in [1.807, 2.05) is 0 Å². The first-order valence-corrected chi connectivity index (χ1v) is 7.83. The molecule has 0 aliphatic carbocycles. The van der Waals surface area contributed by atoms with Gasteiger partial charge in [0.25, 0.3) is 5.91 Å². The van der Waals surface area contributed by atoms with Gasteiger partial charge in [-0.1, -0.05) is 48.5 Å². The summed E-state index contributed by atoms with van der Waals surface area (Å²) in [4.78, 5) is 35.1. The predicted molar refractivity (Wildman–Crippen MR) is 90.0 cm³/mol. The fourth-order valence-corrected chi connectivity index (χ4v) is 2.42. The molecule has 7 heteroatoms. The van der Waals surface area contributed by atoms with Crippen LogP contribution < -0.4 is 5.32 Å². The molecule has 0 saturated heterocycles. The summed E-state index contributed by atoms with van der Waals surface area (Å²) in [6, 6.07) is 14.6. The number of ketones is 1. The van der Waals surface area contributed by atoms with Crippen molar-refractivity contribution in [1.82, 2.24) is 5.32 Å². The number of carbonyl (C=O) groups excluding carboxylic acids is 2. The van der Waals surface area contributed by atoms with E-state index in [4.69, 9.17) is 5.11 Å². The minimum atomic E-state index is -4.09. The molecule has 0 spiro atoms. The van der Waals surface area contributed by atoms with Gasteiger partial charge >= 0.3 is 11.9 Å². The average molecular weight is 361 g/mol. The maximum Gasteiger partial charge on any atom is 0.317 e. The van der Waals surface area contributed by atoms with Crippen molar-refractivity contribution in [3.8, 4) is 0 Å². The van der Waals surface area contributed by atoms with Crippen LogP contribution in [0.15, 0.2) is 60.7 Å². The molecule has 1 amide bonds. The third kappa shape index (κ3) is 5.20. The van der Waals surface area contributed by atoms with Crippen molar-refractivity contribution in [1.29, 1.82) is 0 Å². The van der Waals surface area contributed by atoms with E-state index in [-0.39, 0.29) is 12.0 Å². The topological polar surface area (TPSA) is 83.5 Å². The zero-order chi connectivity index (χ0) is 19.2. The van der Waals surface area contributed by atoms with Crippen molar-refractivity contribution < 1.29 is 28.3 Å². The van der Waals surface area contributed by atoms with Gasteiger partial charge in [0.15, 0.2) is 0 Å². The lowest BCUT2D eigenvalue weighted by atomic mass is 9.96. The van der Waals surface area contributed by atoms with Crippen LogP contribution in [0.3, 0.4) is 0 Å². The first-order valence-electron chi connectivity index (χ1n) is 7.83. The van der Waals surface area contributed by atoms with Crippen LogP contribution in [0.4, 0.5) is 8.78 Å². The van der Waals surface area contributed by atoms with Gasteiger partial charge in [0.1, 0.15) is 6.42 Å². The Morgan fingerprint density at radius 2 is 1.50 bits per heavy atom. The molecule has 2 aromatic rings. The quantitative estimate of drug-likeness (QED) is 0.757. The first kappa shape index (κ1) is 19.2. The number of rotatable bonds is 8. The van der Waals surface area contributed by atoms with E-state index >= 15 is 0 Å². The molecule has 26 heavy (non-hydrogen) atoms. The minimum absolute atomic E-state index is 0.173. The van der Waals surface area contributed by atoms with Gasteiger partial charge in [-0.25, -0.2) is 0 Å². The number of carboxylic acid groups (broad SMARTS) is 1. The lowest BCUT2D eigenvalue weighted by Crippen LogP contribution is -2.50. The number of halogens is 2. The van der Waals surface area contributed by atoms with E-state index in [1.165, 1.54) is 12.1 Å². The Morgan fingerprint density at radius 3 is 2.04 bits per heavy atom. The summed E-state index contributed by atoms with van der Waals surface area (Å²) in [6.45, 7) is 0. The smallest absolute Gasteiger partial charge is 0.317 e. The van der Waals surface area contributed by atoms with Gasteiger partial charge in [0, 0.05) is 5.56 Å². The molecule has 2 N–H and O–H groups in total. The number of nitrogens with one attached hydrogen (secondary N) is 1. The van der Waals surface area contributed by atoms with Crippen LogP contribution >= 0.6 is 0 Å². The molecule has 136 valence electrons. The maximum atomic E-state index is 14.0. The van der Waals surface area contributed by atoms with Crippen molar-refractivity contribution in [3.05, 3.63) is 71.8 Å². The molecule has 2 rings (SSSR count). The molecule has 0 fully saturated rings. The standard InChI is InChI=1S/C19H17F2NO4/c20-19(21,12-16(23)24)17(25)15(11-13-7-3-1-4-8-13)22-18(26)14-9-5-2-6-10-14/h1-10,15H,11-12H2,(H,22,26)(H,23,24). The number of benzene rings is 2. The number of alkyl halides is 2. The SMILES string of the molecule is O=C(O)CC(F)(F)C(=O)C(Cc1ccccc1)NC(=O)c1ccccc1. The van der Waals surface area contributed by atoms with Crippen LogP contribution in [-0.2, 0) is 16.0 Å². The van der Waals surface area contributed by atoms with E-state index < -0.39 is 36.0 Å². The summed E-state index contributed by atoms with van der Waals surface area (Å²) in [7, 11) is 0. The lowest BCUT2D eigenvalue weighted by molar-refractivity contribution is -0.157. The summed E-state index contributed by atoms with van der Waals surface area (Å²) in [5.41, 5.74) is 0.769. The van der Waals surface area contributed by atoms with Crippen LogP contribution in [-0.4, -0.2) is 34.7 Å². The third-order valence-corrected chi connectivity index (χ3v) is 3.67. The number of amides is 1. The molecule has 2 aromatic carbocycles. The van der Waals surface area contributed by atoms with E-state index in [2.05, 4.69) is 5.32 Å². The van der Waals surface area contributed by atoms with Gasteiger partial charge in [-0.3, -0.25) is 14.4 Å². The van der Waals surface area contributed by atoms with Crippen LogP contribution in [0, 0.1) is 0 Å². The summed E-state index contributed by atoms with van der Waals surface area (Å²) < 4.78 is 28.0. The molecular formula is C19H17F2NO4. The average Bonchev–Trinajstić information content (AvgIpc) is 2.61. The Hall–Kier alpha value is -3.09. The molecule has 0 radical (unpaired) electrons. The monoisotopic (exact) mass is 361 g/mol. The largest absolute Gasteiger partial charge is 0.481 e. The van der Waals surface area contributed by atoms with Gasteiger partial charge < -0.3 is 10.4 Å². The van der Waals surface area contributed by atoms with Crippen molar-refractivity contribution in [2.24, 2.45) is 0 Å². The van der Waals surface area contributed by atoms with E-state index in [9.17, 15) is 23.2 Å². The van der Waals surface area contributed by atoms with Crippen molar-refractivity contribution in [2.45, 2.75) is 24.8 Å². The number of hydrogen-bond acceptors (Lipinski definition) is 3.